The number of hydrogen-bond acceptors (Lipinski definition) is 6. The lowest BCUT2D eigenvalue weighted by molar-refractivity contribution is 0.371. The number of nitrogens with one attached hydrogen (secondary N) is 1. The quantitative estimate of drug-likeness (QED) is 0.869. The van der Waals surface area contributed by atoms with Gasteiger partial charge in [-0.1, -0.05) is 5.16 Å². The number of nitrogens with zero attached hydrogens (tertiary/aromatic N) is 5. The van der Waals surface area contributed by atoms with Crippen LogP contribution in [0.2, 0.25) is 0 Å². The van der Waals surface area contributed by atoms with Crippen molar-refractivity contribution in [2.24, 2.45) is 0 Å². The smallest absolute Gasteiger partial charge is 0.339 e. The summed E-state index contributed by atoms with van der Waals surface area (Å²) in [5, 5.41) is 11.9. The Labute approximate surface area is 146 Å². The molecule has 0 spiro atoms. The minimum Gasteiger partial charge on any atom is -0.339 e. The minimum atomic E-state index is -0.0844. The predicted octanol–water partition coefficient (Wildman–Crippen LogP) is 1.26. The molecule has 24 heavy (non-hydrogen) atoms. The van der Waals surface area contributed by atoms with Crippen LogP contribution >= 0.6 is 12.4 Å². The van der Waals surface area contributed by atoms with E-state index >= 15 is 0 Å². The fourth-order valence-corrected chi connectivity index (χ4v) is 3.20. The van der Waals surface area contributed by atoms with Crippen molar-refractivity contribution in [3.05, 3.63) is 28.0 Å². The second-order valence-corrected chi connectivity index (χ2v) is 6.39. The van der Waals surface area contributed by atoms with Crippen molar-refractivity contribution < 1.29 is 4.52 Å². The highest BCUT2D eigenvalue weighted by molar-refractivity contribution is 5.85. The normalized spacial score (nSPS) is 18.5. The standard InChI is InChI=1S/C15H22N6O2.ClH/c1-2-20-13(10-5-7-16-8-6-10)18-21(15(20)22)9-12-17-14(23-19-12)11-3-4-11;/h10-11,16H,2-9H2,1H3;1H. The van der Waals surface area contributed by atoms with Crippen LogP contribution in [0, 0.1) is 0 Å². The van der Waals surface area contributed by atoms with Gasteiger partial charge >= 0.3 is 5.69 Å². The van der Waals surface area contributed by atoms with Gasteiger partial charge in [-0.25, -0.2) is 9.48 Å². The molecule has 1 saturated carbocycles. The molecule has 2 fully saturated rings. The van der Waals surface area contributed by atoms with Crippen molar-refractivity contribution in [1.82, 2.24) is 29.8 Å². The van der Waals surface area contributed by atoms with Gasteiger partial charge in [0.1, 0.15) is 12.4 Å². The zero-order valence-corrected chi connectivity index (χ0v) is 14.6. The molecule has 132 valence electrons. The van der Waals surface area contributed by atoms with Crippen molar-refractivity contribution in [3.63, 3.8) is 0 Å². The third kappa shape index (κ3) is 3.25. The summed E-state index contributed by atoms with van der Waals surface area (Å²) in [6, 6.07) is 0. The highest BCUT2D eigenvalue weighted by atomic mass is 35.5. The van der Waals surface area contributed by atoms with Crippen LogP contribution in [-0.4, -0.2) is 37.6 Å². The van der Waals surface area contributed by atoms with Gasteiger partial charge in [0.15, 0.2) is 5.82 Å². The molecule has 1 saturated heterocycles. The second kappa shape index (κ2) is 7.06. The molecule has 0 bridgehead atoms. The van der Waals surface area contributed by atoms with Crippen LogP contribution in [0.5, 0.6) is 0 Å². The van der Waals surface area contributed by atoms with Crippen LogP contribution in [0.1, 0.15) is 62.0 Å². The van der Waals surface area contributed by atoms with E-state index in [2.05, 4.69) is 20.6 Å². The molecule has 2 aliphatic rings. The Morgan fingerprint density at radius 3 is 2.62 bits per heavy atom. The first-order chi connectivity index (χ1) is 11.3. The van der Waals surface area contributed by atoms with E-state index in [1.165, 1.54) is 4.68 Å². The maximum atomic E-state index is 12.6. The topological polar surface area (TPSA) is 90.8 Å². The monoisotopic (exact) mass is 354 g/mol. The summed E-state index contributed by atoms with van der Waals surface area (Å²) < 4.78 is 8.51. The summed E-state index contributed by atoms with van der Waals surface area (Å²) in [6.45, 7) is 4.85. The summed E-state index contributed by atoms with van der Waals surface area (Å²) >= 11 is 0. The Hall–Kier alpha value is -1.67. The summed E-state index contributed by atoms with van der Waals surface area (Å²) in [5.41, 5.74) is -0.0844. The van der Waals surface area contributed by atoms with Crippen molar-refractivity contribution in [1.29, 1.82) is 0 Å². The highest BCUT2D eigenvalue weighted by Gasteiger charge is 2.30. The Morgan fingerprint density at radius 1 is 1.21 bits per heavy atom. The van der Waals surface area contributed by atoms with E-state index in [1.54, 1.807) is 4.57 Å². The first-order valence-electron chi connectivity index (χ1n) is 8.47. The molecule has 0 radical (unpaired) electrons. The summed E-state index contributed by atoms with van der Waals surface area (Å²) in [4.78, 5) is 17.0. The predicted molar refractivity (Wildman–Crippen MR) is 89.6 cm³/mol. The Kier molecular flexibility index (Phi) is 5.05. The average Bonchev–Trinajstić information content (AvgIpc) is 3.25. The van der Waals surface area contributed by atoms with Gasteiger partial charge in [-0.3, -0.25) is 4.57 Å². The van der Waals surface area contributed by atoms with Crippen LogP contribution in [0.15, 0.2) is 9.32 Å². The van der Waals surface area contributed by atoms with E-state index in [1.807, 2.05) is 6.92 Å². The van der Waals surface area contributed by atoms with Crippen LogP contribution in [0.3, 0.4) is 0 Å². The molecule has 1 N–H and O–H groups in total. The van der Waals surface area contributed by atoms with Gasteiger partial charge < -0.3 is 9.84 Å². The van der Waals surface area contributed by atoms with E-state index in [0.29, 0.717) is 30.1 Å². The van der Waals surface area contributed by atoms with Crippen molar-refractivity contribution in [2.45, 2.75) is 57.5 Å². The molecule has 8 nitrogen and oxygen atoms in total. The van der Waals surface area contributed by atoms with Crippen molar-refractivity contribution >= 4 is 12.4 Å². The van der Waals surface area contributed by atoms with Gasteiger partial charge in [0.05, 0.1) is 0 Å². The molecule has 0 aromatic carbocycles. The fraction of sp³-hybridized carbons (Fsp3) is 0.733. The molecule has 9 heteroatoms. The van der Waals surface area contributed by atoms with E-state index in [4.69, 9.17) is 4.52 Å². The average molecular weight is 355 g/mol. The molecule has 0 amide bonds. The van der Waals surface area contributed by atoms with Gasteiger partial charge in [-0.2, -0.15) is 10.1 Å². The number of rotatable bonds is 5. The van der Waals surface area contributed by atoms with Gasteiger partial charge in [-0.05, 0) is 45.7 Å². The minimum absolute atomic E-state index is 0. The van der Waals surface area contributed by atoms with Crippen LogP contribution in [-0.2, 0) is 13.1 Å². The van der Waals surface area contributed by atoms with Crippen molar-refractivity contribution in [3.8, 4) is 0 Å². The molecule has 4 rings (SSSR count). The van der Waals surface area contributed by atoms with E-state index < -0.39 is 0 Å². The maximum Gasteiger partial charge on any atom is 0.346 e. The van der Waals surface area contributed by atoms with Gasteiger partial charge in [0.25, 0.3) is 0 Å². The third-order valence-corrected chi connectivity index (χ3v) is 4.67. The number of halogens is 1. The molecule has 2 aromatic heterocycles. The van der Waals surface area contributed by atoms with Gasteiger partial charge in [0, 0.05) is 18.4 Å². The Morgan fingerprint density at radius 2 is 1.96 bits per heavy atom. The fourth-order valence-electron chi connectivity index (χ4n) is 3.20. The molecule has 0 unspecified atom stereocenters. The zero-order chi connectivity index (χ0) is 15.8. The SMILES string of the molecule is CCn1c(C2CCNCC2)nn(Cc2noc(C3CC3)n2)c1=O.Cl. The van der Waals surface area contributed by atoms with E-state index in [0.717, 1.165) is 44.6 Å². The molecule has 3 heterocycles. The third-order valence-electron chi connectivity index (χ3n) is 4.67. The largest absolute Gasteiger partial charge is 0.346 e. The summed E-state index contributed by atoms with van der Waals surface area (Å²) in [5.74, 6) is 2.89. The first kappa shape index (κ1) is 17.2. The Bertz CT molecular complexity index is 741. The molecular formula is C15H23ClN6O2. The van der Waals surface area contributed by atoms with E-state index in [9.17, 15) is 4.79 Å². The molecule has 1 aliphatic heterocycles. The summed E-state index contributed by atoms with van der Waals surface area (Å²) in [6.07, 6.45) is 4.27. The number of aromatic nitrogens is 5. The van der Waals surface area contributed by atoms with Gasteiger partial charge in [0.2, 0.25) is 5.89 Å². The lowest BCUT2D eigenvalue weighted by Crippen LogP contribution is -2.29. The second-order valence-electron chi connectivity index (χ2n) is 6.39. The molecule has 0 atom stereocenters. The number of piperidine rings is 1. The molecule has 2 aromatic rings. The molecular weight excluding hydrogens is 332 g/mol. The Balaban J connectivity index is 0.00000169. The maximum absolute atomic E-state index is 12.6. The van der Waals surface area contributed by atoms with Crippen LogP contribution in [0.25, 0.3) is 0 Å². The van der Waals surface area contributed by atoms with Crippen molar-refractivity contribution in [2.75, 3.05) is 13.1 Å². The zero-order valence-electron chi connectivity index (χ0n) is 13.8. The lowest BCUT2D eigenvalue weighted by Gasteiger charge is -2.21. The van der Waals surface area contributed by atoms with E-state index in [-0.39, 0.29) is 24.6 Å². The van der Waals surface area contributed by atoms with Gasteiger partial charge in [-0.15, -0.1) is 12.4 Å². The van der Waals surface area contributed by atoms with Crippen LogP contribution < -0.4 is 11.0 Å². The number of hydrogen-bond donors (Lipinski definition) is 1. The molecule has 1 aliphatic carbocycles. The first-order valence-corrected chi connectivity index (χ1v) is 8.47. The summed E-state index contributed by atoms with van der Waals surface area (Å²) in [7, 11) is 0. The highest BCUT2D eigenvalue weighted by Crippen LogP contribution is 2.38. The van der Waals surface area contributed by atoms with Crippen LogP contribution in [0.4, 0.5) is 0 Å². The lowest BCUT2D eigenvalue weighted by atomic mass is 9.97.